The van der Waals surface area contributed by atoms with Crippen molar-refractivity contribution in [3.8, 4) is 11.1 Å². The van der Waals surface area contributed by atoms with Gasteiger partial charge in [-0.3, -0.25) is 4.79 Å². The lowest BCUT2D eigenvalue weighted by Gasteiger charge is -2.12. The molecule has 2 aromatic carbocycles. The number of rotatable bonds is 0. The van der Waals surface area contributed by atoms with E-state index >= 15 is 0 Å². The Hall–Kier alpha value is -2.06. The molecule has 0 saturated carbocycles. The van der Waals surface area contributed by atoms with Gasteiger partial charge >= 0.3 is 0 Å². The third-order valence-electron chi connectivity index (χ3n) is 4.25. The summed E-state index contributed by atoms with van der Waals surface area (Å²) in [4.78, 5) is 14.4. The Labute approximate surface area is 127 Å². The van der Waals surface area contributed by atoms with Crippen molar-refractivity contribution in [3.63, 3.8) is 0 Å². The fraction of sp³-hybridized carbons (Fsp3) is 0.167. The van der Waals surface area contributed by atoms with Crippen LogP contribution in [0.25, 0.3) is 22.0 Å². The fourth-order valence-electron chi connectivity index (χ4n) is 3.31. The number of hydrogen-bond donors (Lipinski definition) is 1. The van der Waals surface area contributed by atoms with Crippen LogP contribution in [0.4, 0.5) is 0 Å². The van der Waals surface area contributed by atoms with E-state index in [1.165, 1.54) is 22.3 Å². The van der Waals surface area contributed by atoms with Crippen molar-refractivity contribution >= 4 is 22.5 Å². The molecule has 1 heterocycles. The molecule has 0 spiro atoms. The zero-order chi connectivity index (χ0) is 14.4. The molecule has 104 valence electrons. The summed E-state index contributed by atoms with van der Waals surface area (Å²) < 4.78 is 0. The Balaban J connectivity index is 2.06. The number of hydrogen-bond acceptors (Lipinski definition) is 1. The highest BCUT2D eigenvalue weighted by Gasteiger charge is 2.16. The van der Waals surface area contributed by atoms with Gasteiger partial charge in [-0.15, -0.1) is 0 Å². The Morgan fingerprint density at radius 2 is 1.81 bits per heavy atom. The van der Waals surface area contributed by atoms with Crippen molar-refractivity contribution < 1.29 is 0 Å². The predicted octanol–water partition coefficient (Wildman–Crippen LogP) is 4.34. The number of aromatic nitrogens is 1. The quantitative estimate of drug-likeness (QED) is 0.657. The molecule has 3 heteroatoms. The van der Waals surface area contributed by atoms with Crippen LogP contribution in [0.5, 0.6) is 0 Å². The van der Waals surface area contributed by atoms with E-state index in [-0.39, 0.29) is 5.56 Å². The normalized spacial score (nSPS) is 13.6. The lowest BCUT2D eigenvalue weighted by molar-refractivity contribution is 0.838. The Morgan fingerprint density at radius 1 is 0.952 bits per heavy atom. The minimum atomic E-state index is -0.0525. The molecule has 0 unspecified atom stereocenters. The van der Waals surface area contributed by atoms with Gasteiger partial charge in [0.25, 0.3) is 0 Å². The van der Waals surface area contributed by atoms with Gasteiger partial charge in [0.15, 0.2) is 0 Å². The van der Waals surface area contributed by atoms with Crippen LogP contribution in [-0.2, 0) is 12.8 Å². The van der Waals surface area contributed by atoms with Gasteiger partial charge in [0.05, 0.1) is 0 Å². The molecule has 0 amide bonds. The average Bonchev–Trinajstić information content (AvgIpc) is 2.65. The highest BCUT2D eigenvalue weighted by Crippen LogP contribution is 2.36. The first-order valence-corrected chi connectivity index (χ1v) is 7.54. The van der Waals surface area contributed by atoms with Gasteiger partial charge in [-0.1, -0.05) is 23.7 Å². The van der Waals surface area contributed by atoms with Crippen LogP contribution in [-0.4, -0.2) is 4.98 Å². The first-order chi connectivity index (χ1) is 10.2. The van der Waals surface area contributed by atoms with Gasteiger partial charge < -0.3 is 4.98 Å². The van der Waals surface area contributed by atoms with Crippen LogP contribution in [0.15, 0.2) is 47.3 Å². The van der Waals surface area contributed by atoms with Crippen molar-refractivity contribution in [2.45, 2.75) is 19.3 Å². The molecular weight excluding hydrogens is 282 g/mol. The van der Waals surface area contributed by atoms with Gasteiger partial charge in [0.1, 0.15) is 0 Å². The summed E-state index contributed by atoms with van der Waals surface area (Å²) in [6, 6.07) is 13.8. The second-order valence-electron chi connectivity index (χ2n) is 5.53. The number of nitrogens with one attached hydrogen (secondary N) is 1. The molecule has 2 nitrogen and oxygen atoms in total. The van der Waals surface area contributed by atoms with Crippen LogP contribution >= 0.6 is 11.6 Å². The molecule has 0 radical (unpaired) electrons. The summed E-state index contributed by atoms with van der Waals surface area (Å²) in [5.74, 6) is 0. The Bertz CT molecular complexity index is 911. The monoisotopic (exact) mass is 295 g/mol. The number of H-pyrrole nitrogens is 1. The van der Waals surface area contributed by atoms with E-state index in [2.05, 4.69) is 23.2 Å². The highest BCUT2D eigenvalue weighted by molar-refractivity contribution is 6.30. The van der Waals surface area contributed by atoms with Crippen LogP contribution in [0.1, 0.15) is 17.5 Å². The van der Waals surface area contributed by atoms with E-state index in [4.69, 9.17) is 11.6 Å². The molecule has 1 aliphatic rings. The van der Waals surface area contributed by atoms with E-state index in [1.54, 1.807) is 6.07 Å². The lowest BCUT2D eigenvalue weighted by atomic mass is 9.94. The summed E-state index contributed by atoms with van der Waals surface area (Å²) in [6.45, 7) is 0. The topological polar surface area (TPSA) is 32.9 Å². The molecule has 0 aliphatic heterocycles. The van der Waals surface area contributed by atoms with Gasteiger partial charge in [0, 0.05) is 22.0 Å². The van der Waals surface area contributed by atoms with E-state index < -0.39 is 0 Å². The van der Waals surface area contributed by atoms with E-state index in [1.807, 2.05) is 18.2 Å². The third kappa shape index (κ3) is 2.07. The van der Waals surface area contributed by atoms with Crippen LogP contribution < -0.4 is 5.56 Å². The first kappa shape index (κ1) is 12.7. The van der Waals surface area contributed by atoms with Crippen molar-refractivity contribution in [1.82, 2.24) is 4.98 Å². The third-order valence-corrected chi connectivity index (χ3v) is 4.48. The van der Waals surface area contributed by atoms with Crippen molar-refractivity contribution in [1.29, 1.82) is 0 Å². The molecule has 1 N–H and O–H groups in total. The summed E-state index contributed by atoms with van der Waals surface area (Å²) in [5.41, 5.74) is 6.02. The minimum absolute atomic E-state index is 0.0525. The lowest BCUT2D eigenvalue weighted by Crippen LogP contribution is -2.03. The number of fused-ring (bicyclic) bond motifs is 5. The molecule has 21 heavy (non-hydrogen) atoms. The number of benzene rings is 2. The molecule has 0 atom stereocenters. The van der Waals surface area contributed by atoms with E-state index in [9.17, 15) is 4.79 Å². The first-order valence-electron chi connectivity index (χ1n) is 7.16. The smallest absolute Gasteiger partial charge is 0.248 e. The predicted molar refractivity (Wildman–Crippen MR) is 87.0 cm³/mol. The molecule has 4 rings (SSSR count). The SMILES string of the molecule is O=c1ccc2c3c(ccc2[nH]1)-c1ccc(Cl)cc1CCC3. The summed E-state index contributed by atoms with van der Waals surface area (Å²) in [7, 11) is 0. The Morgan fingerprint density at radius 3 is 2.71 bits per heavy atom. The zero-order valence-corrected chi connectivity index (χ0v) is 12.2. The standard InChI is InChI=1S/C18H14ClNO/c19-12-4-5-13-11(10-12)2-1-3-14-15(13)6-8-17-16(14)7-9-18(21)20-17/h4-10H,1-3H2,(H,20,21). The molecule has 0 saturated heterocycles. The largest absolute Gasteiger partial charge is 0.322 e. The van der Waals surface area contributed by atoms with Gasteiger partial charge in [-0.25, -0.2) is 0 Å². The van der Waals surface area contributed by atoms with Gasteiger partial charge in [0.2, 0.25) is 5.56 Å². The molecule has 3 aromatic rings. The summed E-state index contributed by atoms with van der Waals surface area (Å²) >= 11 is 6.13. The molecule has 0 bridgehead atoms. The maximum absolute atomic E-state index is 11.5. The van der Waals surface area contributed by atoms with Gasteiger partial charge in [-0.05, 0) is 65.8 Å². The van der Waals surface area contributed by atoms with Gasteiger partial charge in [-0.2, -0.15) is 0 Å². The van der Waals surface area contributed by atoms with Crippen molar-refractivity contribution in [2.24, 2.45) is 0 Å². The van der Waals surface area contributed by atoms with Crippen LogP contribution in [0, 0.1) is 0 Å². The maximum atomic E-state index is 11.5. The summed E-state index contributed by atoms with van der Waals surface area (Å²) in [6.07, 6.45) is 3.15. The van der Waals surface area contributed by atoms with Crippen molar-refractivity contribution in [3.05, 3.63) is 69.0 Å². The zero-order valence-electron chi connectivity index (χ0n) is 11.4. The van der Waals surface area contributed by atoms with E-state index in [0.717, 1.165) is 35.2 Å². The van der Waals surface area contributed by atoms with Crippen LogP contribution in [0.3, 0.4) is 0 Å². The molecule has 0 fully saturated rings. The van der Waals surface area contributed by atoms with Crippen molar-refractivity contribution in [2.75, 3.05) is 0 Å². The fourth-order valence-corrected chi connectivity index (χ4v) is 3.50. The number of aromatic amines is 1. The second-order valence-corrected chi connectivity index (χ2v) is 5.97. The Kier molecular flexibility index (Phi) is 2.86. The molecule has 1 aliphatic carbocycles. The van der Waals surface area contributed by atoms with Crippen LogP contribution in [0.2, 0.25) is 5.02 Å². The summed E-state index contributed by atoms with van der Waals surface area (Å²) in [5, 5.41) is 1.94. The number of pyridine rings is 1. The maximum Gasteiger partial charge on any atom is 0.248 e. The average molecular weight is 296 g/mol. The van der Waals surface area contributed by atoms with E-state index in [0.29, 0.717) is 0 Å². The second kappa shape index (κ2) is 4.74. The molecular formula is C18H14ClNO. The molecule has 1 aromatic heterocycles. The minimum Gasteiger partial charge on any atom is -0.322 e. The number of aryl methyl sites for hydroxylation is 2. The number of halogens is 1. The highest BCUT2D eigenvalue weighted by atomic mass is 35.5.